The molecule has 1 aliphatic carbocycles. The van der Waals surface area contributed by atoms with E-state index in [0.717, 1.165) is 25.0 Å². The van der Waals surface area contributed by atoms with Crippen molar-refractivity contribution < 1.29 is 22.1 Å². The standard InChI is InChI=1S/C12H14F2N2O4S2/c1-21-12(4-5-12)7-15-9-3-2-8(6-10(9)16(17)18)22(19,20)11(13)14/h2-3,6,11,15H,4-5,7H2,1H3. The molecule has 6 nitrogen and oxygen atoms in total. The molecule has 0 radical (unpaired) electrons. The minimum Gasteiger partial charge on any atom is -0.378 e. The Balaban J connectivity index is 2.30. The Morgan fingerprint density at radius 3 is 2.55 bits per heavy atom. The van der Waals surface area contributed by atoms with Gasteiger partial charge in [0.15, 0.2) is 0 Å². The fourth-order valence-corrected chi connectivity index (χ4v) is 3.41. The van der Waals surface area contributed by atoms with Crippen LogP contribution in [-0.2, 0) is 9.84 Å². The summed E-state index contributed by atoms with van der Waals surface area (Å²) in [5, 5.41) is 14.0. The minimum absolute atomic E-state index is 0.0432. The van der Waals surface area contributed by atoms with Crippen molar-refractivity contribution in [1.82, 2.24) is 0 Å². The van der Waals surface area contributed by atoms with Gasteiger partial charge in [-0.15, -0.1) is 0 Å². The van der Waals surface area contributed by atoms with E-state index in [0.29, 0.717) is 12.6 Å². The molecule has 0 atom stereocenters. The number of hydrogen-bond acceptors (Lipinski definition) is 6. The number of thioether (sulfide) groups is 1. The van der Waals surface area contributed by atoms with Crippen molar-refractivity contribution in [1.29, 1.82) is 0 Å². The highest BCUT2D eigenvalue weighted by Crippen LogP contribution is 2.47. The second-order valence-electron chi connectivity index (χ2n) is 4.98. The van der Waals surface area contributed by atoms with Crippen molar-refractivity contribution in [3.63, 3.8) is 0 Å². The molecule has 1 fully saturated rings. The molecule has 0 amide bonds. The van der Waals surface area contributed by atoms with Crippen molar-refractivity contribution in [2.24, 2.45) is 0 Å². The third-order valence-electron chi connectivity index (χ3n) is 3.57. The lowest BCUT2D eigenvalue weighted by Crippen LogP contribution is -2.18. The Morgan fingerprint density at radius 2 is 2.09 bits per heavy atom. The second kappa shape index (κ2) is 5.99. The molecule has 0 aliphatic heterocycles. The number of alkyl halides is 2. The lowest BCUT2D eigenvalue weighted by molar-refractivity contribution is -0.384. The Labute approximate surface area is 130 Å². The van der Waals surface area contributed by atoms with Gasteiger partial charge >= 0.3 is 5.76 Å². The van der Waals surface area contributed by atoms with Crippen LogP contribution in [0.4, 0.5) is 20.2 Å². The highest BCUT2D eigenvalue weighted by molar-refractivity contribution is 8.00. The first-order valence-corrected chi connectivity index (χ1v) is 9.08. The molecule has 1 saturated carbocycles. The highest BCUT2D eigenvalue weighted by atomic mass is 32.2. The summed E-state index contributed by atoms with van der Waals surface area (Å²) < 4.78 is 47.9. The van der Waals surface area contributed by atoms with Gasteiger partial charge in [0, 0.05) is 17.4 Å². The molecular weight excluding hydrogens is 338 g/mol. The van der Waals surface area contributed by atoms with Crippen LogP contribution in [-0.4, -0.2) is 36.6 Å². The topological polar surface area (TPSA) is 89.3 Å². The molecule has 10 heteroatoms. The maximum atomic E-state index is 12.5. The molecule has 122 valence electrons. The average Bonchev–Trinajstić information content (AvgIpc) is 3.25. The number of nitro benzene ring substituents is 1. The molecule has 0 unspecified atom stereocenters. The zero-order valence-electron chi connectivity index (χ0n) is 11.6. The normalized spacial score (nSPS) is 16.5. The summed E-state index contributed by atoms with van der Waals surface area (Å²) in [4.78, 5) is 9.51. The van der Waals surface area contributed by atoms with Gasteiger partial charge in [-0.25, -0.2) is 8.42 Å². The summed E-state index contributed by atoms with van der Waals surface area (Å²) in [6.07, 6.45) is 3.93. The van der Waals surface area contributed by atoms with Crippen LogP contribution in [0.2, 0.25) is 0 Å². The minimum atomic E-state index is -4.86. The number of hydrogen-bond donors (Lipinski definition) is 1. The number of nitrogens with zero attached hydrogens (tertiary/aromatic N) is 1. The first kappa shape index (κ1) is 16.9. The maximum Gasteiger partial charge on any atom is 0.341 e. The van der Waals surface area contributed by atoms with E-state index in [1.165, 1.54) is 0 Å². The van der Waals surface area contributed by atoms with Crippen molar-refractivity contribution in [2.75, 3.05) is 18.1 Å². The van der Waals surface area contributed by atoms with Gasteiger partial charge in [-0.3, -0.25) is 10.1 Å². The van der Waals surface area contributed by atoms with E-state index in [-0.39, 0.29) is 10.4 Å². The summed E-state index contributed by atoms with van der Waals surface area (Å²) >= 11 is 1.66. The van der Waals surface area contributed by atoms with E-state index in [1.54, 1.807) is 11.8 Å². The third kappa shape index (κ3) is 3.32. The zero-order chi connectivity index (χ0) is 16.5. The lowest BCUT2D eigenvalue weighted by Gasteiger charge is -2.14. The first-order chi connectivity index (χ1) is 10.2. The molecule has 1 aromatic carbocycles. The van der Waals surface area contributed by atoms with Gasteiger partial charge in [-0.1, -0.05) is 0 Å². The number of anilines is 1. The van der Waals surface area contributed by atoms with Crippen LogP contribution >= 0.6 is 11.8 Å². The molecular formula is C12H14F2N2O4S2. The number of halogens is 2. The van der Waals surface area contributed by atoms with E-state index in [1.807, 2.05) is 6.26 Å². The molecule has 0 aromatic heterocycles. The Morgan fingerprint density at radius 1 is 1.45 bits per heavy atom. The number of sulfone groups is 1. The van der Waals surface area contributed by atoms with Crippen LogP contribution in [0.25, 0.3) is 0 Å². The predicted molar refractivity (Wildman–Crippen MR) is 80.3 cm³/mol. The predicted octanol–water partition coefficient (Wildman–Crippen LogP) is 2.90. The van der Waals surface area contributed by atoms with E-state index >= 15 is 0 Å². The third-order valence-corrected chi connectivity index (χ3v) is 6.37. The summed E-state index contributed by atoms with van der Waals surface area (Å²) in [5.74, 6) is -3.61. The SMILES string of the molecule is CSC1(CNc2ccc(S(=O)(=O)C(F)F)cc2[N+](=O)[O-])CC1. The van der Waals surface area contributed by atoms with Crippen LogP contribution in [0.3, 0.4) is 0 Å². The summed E-state index contributed by atoms with van der Waals surface area (Å²) in [6.45, 7) is 0.496. The second-order valence-corrected chi connectivity index (χ2v) is 8.17. The zero-order valence-corrected chi connectivity index (χ0v) is 13.2. The monoisotopic (exact) mass is 352 g/mol. The number of nitrogens with one attached hydrogen (secondary N) is 1. The molecule has 0 bridgehead atoms. The number of benzene rings is 1. The van der Waals surface area contributed by atoms with E-state index in [2.05, 4.69) is 5.32 Å². The van der Waals surface area contributed by atoms with Gasteiger partial charge < -0.3 is 5.32 Å². The molecule has 0 heterocycles. The van der Waals surface area contributed by atoms with E-state index in [9.17, 15) is 27.3 Å². The summed E-state index contributed by atoms with van der Waals surface area (Å²) in [6, 6.07) is 2.78. The van der Waals surface area contributed by atoms with Crippen LogP contribution in [0.15, 0.2) is 23.1 Å². The Bertz CT molecular complexity index is 690. The van der Waals surface area contributed by atoms with Gasteiger partial charge in [-0.2, -0.15) is 20.5 Å². The number of nitro groups is 1. The molecule has 1 aliphatic rings. The average molecular weight is 352 g/mol. The maximum absolute atomic E-state index is 12.5. The van der Waals surface area contributed by atoms with Gasteiger partial charge in [0.1, 0.15) is 5.69 Å². The van der Waals surface area contributed by atoms with Crippen LogP contribution in [0.1, 0.15) is 12.8 Å². The van der Waals surface area contributed by atoms with Crippen molar-refractivity contribution in [2.45, 2.75) is 28.2 Å². The Hall–Kier alpha value is -1.42. The first-order valence-electron chi connectivity index (χ1n) is 6.31. The highest BCUT2D eigenvalue weighted by Gasteiger charge is 2.42. The largest absolute Gasteiger partial charge is 0.378 e. The smallest absolute Gasteiger partial charge is 0.341 e. The van der Waals surface area contributed by atoms with Crippen molar-refractivity contribution in [3.05, 3.63) is 28.3 Å². The van der Waals surface area contributed by atoms with Gasteiger partial charge in [0.25, 0.3) is 5.69 Å². The van der Waals surface area contributed by atoms with Crippen molar-refractivity contribution in [3.8, 4) is 0 Å². The molecule has 1 N–H and O–H groups in total. The molecule has 22 heavy (non-hydrogen) atoms. The fraction of sp³-hybridized carbons (Fsp3) is 0.500. The van der Waals surface area contributed by atoms with E-state index in [4.69, 9.17) is 0 Å². The quantitative estimate of drug-likeness (QED) is 0.599. The summed E-state index contributed by atoms with van der Waals surface area (Å²) in [5.41, 5.74) is -0.405. The fourth-order valence-electron chi connectivity index (χ4n) is 1.94. The van der Waals surface area contributed by atoms with Gasteiger partial charge in [-0.05, 0) is 31.2 Å². The van der Waals surface area contributed by atoms with Crippen LogP contribution in [0.5, 0.6) is 0 Å². The summed E-state index contributed by atoms with van der Waals surface area (Å²) in [7, 11) is -4.86. The molecule has 2 rings (SSSR count). The molecule has 1 aromatic rings. The van der Waals surface area contributed by atoms with Crippen LogP contribution < -0.4 is 5.32 Å². The van der Waals surface area contributed by atoms with Crippen molar-refractivity contribution >= 4 is 33.0 Å². The molecule has 0 spiro atoms. The number of rotatable bonds is 7. The lowest BCUT2D eigenvalue weighted by atomic mass is 10.2. The van der Waals surface area contributed by atoms with Gasteiger partial charge in [0.05, 0.1) is 9.82 Å². The van der Waals surface area contributed by atoms with E-state index < -0.39 is 31.1 Å². The van der Waals surface area contributed by atoms with Gasteiger partial charge in [0.2, 0.25) is 9.84 Å². The molecule has 0 saturated heterocycles. The Kier molecular flexibility index (Phi) is 4.62. The van der Waals surface area contributed by atoms with Crippen LogP contribution in [0, 0.1) is 10.1 Å².